The van der Waals surface area contributed by atoms with Crippen molar-refractivity contribution in [3.8, 4) is 0 Å². The number of hydrogen-bond donors (Lipinski definition) is 1. The first-order chi connectivity index (χ1) is 11.4. The minimum Gasteiger partial charge on any atom is -0.393 e. The maximum absolute atomic E-state index is 11.0. The number of aliphatic hydroxyl groups is 1. The molecule has 0 spiro atoms. The average molecular weight is 334 g/mol. The largest absolute Gasteiger partial charge is 0.393 e. The smallest absolute Gasteiger partial charge is 0.0922 e. The fourth-order valence-electron chi connectivity index (χ4n) is 8.16. The number of aliphatic hydroxyl groups excluding tert-OH is 1. The molecule has 0 bridgehead atoms. The zero-order valence-electron chi connectivity index (χ0n) is 15.7. The van der Waals surface area contributed by atoms with Crippen LogP contribution in [0.4, 0.5) is 0 Å². The summed E-state index contributed by atoms with van der Waals surface area (Å²) in [5, 5.41) is 13.7. The fourth-order valence-corrected chi connectivity index (χ4v) is 8.16. The minimum absolute atomic E-state index is 0.0829. The molecule has 4 aliphatic carbocycles. The Balaban J connectivity index is 1.59. The molecule has 1 N–H and O–H groups in total. The van der Waals surface area contributed by atoms with Crippen LogP contribution in [0.15, 0.2) is 5.18 Å². The Labute approximate surface area is 147 Å². The van der Waals surface area contributed by atoms with Crippen molar-refractivity contribution in [2.24, 2.45) is 45.6 Å². The maximum atomic E-state index is 11.0. The Morgan fingerprint density at radius 3 is 2.38 bits per heavy atom. The molecular formula is C21H35NO2. The van der Waals surface area contributed by atoms with Gasteiger partial charge in [0.15, 0.2) is 0 Å². The second kappa shape index (κ2) is 5.79. The summed E-state index contributed by atoms with van der Waals surface area (Å²) in [7, 11) is 0. The predicted molar refractivity (Wildman–Crippen MR) is 96.5 cm³/mol. The maximum Gasteiger partial charge on any atom is 0.0922 e. The van der Waals surface area contributed by atoms with Gasteiger partial charge in [0.05, 0.1) is 12.1 Å². The van der Waals surface area contributed by atoms with Crippen molar-refractivity contribution in [2.45, 2.75) is 90.7 Å². The molecular weight excluding hydrogens is 298 g/mol. The molecule has 0 radical (unpaired) electrons. The summed E-state index contributed by atoms with van der Waals surface area (Å²) in [5.41, 5.74) is 0.800. The highest BCUT2D eigenvalue weighted by atomic mass is 16.3. The highest BCUT2D eigenvalue weighted by molar-refractivity contribution is 5.10. The summed E-state index contributed by atoms with van der Waals surface area (Å²) < 4.78 is 0. The fraction of sp³-hybridized carbons (Fsp3) is 1.00. The monoisotopic (exact) mass is 333 g/mol. The lowest BCUT2D eigenvalue weighted by molar-refractivity contribution is -0.120. The minimum atomic E-state index is -0.155. The molecule has 9 atom stereocenters. The molecule has 9 unspecified atom stereocenters. The summed E-state index contributed by atoms with van der Waals surface area (Å²) >= 11 is 0. The molecule has 0 aromatic rings. The topological polar surface area (TPSA) is 49.7 Å². The first-order valence-electron chi connectivity index (χ1n) is 10.4. The molecule has 136 valence electrons. The lowest BCUT2D eigenvalue weighted by Gasteiger charge is -2.61. The van der Waals surface area contributed by atoms with Crippen molar-refractivity contribution >= 4 is 0 Å². The molecule has 4 saturated carbocycles. The van der Waals surface area contributed by atoms with Crippen LogP contribution in [0.5, 0.6) is 0 Å². The Hall–Kier alpha value is -0.440. The van der Waals surface area contributed by atoms with Crippen LogP contribution in [0, 0.1) is 45.3 Å². The van der Waals surface area contributed by atoms with E-state index in [1.165, 1.54) is 44.9 Å². The Bertz CT molecular complexity index is 506. The van der Waals surface area contributed by atoms with Crippen molar-refractivity contribution < 1.29 is 5.11 Å². The van der Waals surface area contributed by atoms with Crippen LogP contribution in [0.2, 0.25) is 0 Å². The van der Waals surface area contributed by atoms with E-state index < -0.39 is 0 Å². The molecule has 4 rings (SSSR count). The van der Waals surface area contributed by atoms with Gasteiger partial charge in [0.2, 0.25) is 0 Å². The van der Waals surface area contributed by atoms with Crippen LogP contribution in [-0.4, -0.2) is 17.3 Å². The van der Waals surface area contributed by atoms with Gasteiger partial charge in [-0.2, -0.15) is 4.91 Å². The molecule has 0 heterocycles. The highest BCUT2D eigenvalue weighted by Crippen LogP contribution is 2.67. The highest BCUT2D eigenvalue weighted by Gasteiger charge is 2.60. The van der Waals surface area contributed by atoms with Gasteiger partial charge in [-0.05, 0) is 105 Å². The standard InChI is InChI=1S/C21H35NO2/c1-13(23)17-6-7-18-16-5-4-14-12-15(22-24)8-10-20(14,2)19(16)9-11-21(17,18)3/h13-19,23H,4-12H2,1-3H3. The summed E-state index contributed by atoms with van der Waals surface area (Å²) in [6.07, 6.45) is 10.9. The predicted octanol–water partition coefficient (Wildman–Crippen LogP) is 5.16. The van der Waals surface area contributed by atoms with E-state index in [2.05, 4.69) is 19.0 Å². The van der Waals surface area contributed by atoms with Gasteiger partial charge in [0, 0.05) is 0 Å². The molecule has 24 heavy (non-hydrogen) atoms. The lowest BCUT2D eigenvalue weighted by atomic mass is 9.44. The molecule has 0 saturated heterocycles. The summed E-state index contributed by atoms with van der Waals surface area (Å²) in [6, 6.07) is 0.0829. The normalized spacial score (nSPS) is 55.2. The van der Waals surface area contributed by atoms with E-state index in [0.717, 1.165) is 30.6 Å². The van der Waals surface area contributed by atoms with E-state index in [9.17, 15) is 10.0 Å². The third-order valence-corrected chi connectivity index (χ3v) is 9.44. The van der Waals surface area contributed by atoms with Crippen molar-refractivity contribution in [2.75, 3.05) is 0 Å². The molecule has 4 aliphatic rings. The van der Waals surface area contributed by atoms with Crippen molar-refractivity contribution in [3.63, 3.8) is 0 Å². The van der Waals surface area contributed by atoms with Gasteiger partial charge in [-0.25, -0.2) is 0 Å². The van der Waals surface area contributed by atoms with E-state index in [0.29, 0.717) is 22.7 Å². The molecule has 0 amide bonds. The average Bonchev–Trinajstić information content (AvgIpc) is 2.91. The number of hydrogen-bond acceptors (Lipinski definition) is 3. The first kappa shape index (κ1) is 17.0. The van der Waals surface area contributed by atoms with Gasteiger partial charge in [0.25, 0.3) is 0 Å². The third kappa shape index (κ3) is 2.26. The Morgan fingerprint density at radius 1 is 0.958 bits per heavy atom. The van der Waals surface area contributed by atoms with Crippen LogP contribution in [0.1, 0.15) is 78.6 Å². The zero-order valence-corrected chi connectivity index (χ0v) is 15.7. The van der Waals surface area contributed by atoms with Gasteiger partial charge >= 0.3 is 0 Å². The Kier molecular flexibility index (Phi) is 4.10. The van der Waals surface area contributed by atoms with Crippen molar-refractivity contribution in [1.82, 2.24) is 0 Å². The summed E-state index contributed by atoms with van der Waals surface area (Å²) in [6.45, 7) is 7.04. The number of nitroso groups, excluding NO2 is 1. The number of fused-ring (bicyclic) bond motifs is 5. The van der Waals surface area contributed by atoms with E-state index in [4.69, 9.17) is 0 Å². The molecule has 0 aromatic carbocycles. The van der Waals surface area contributed by atoms with E-state index in [-0.39, 0.29) is 12.1 Å². The van der Waals surface area contributed by atoms with E-state index in [1.807, 2.05) is 6.92 Å². The quantitative estimate of drug-likeness (QED) is 0.709. The summed E-state index contributed by atoms with van der Waals surface area (Å²) in [5.74, 6) is 3.73. The second-order valence-corrected chi connectivity index (χ2v) is 10.2. The summed E-state index contributed by atoms with van der Waals surface area (Å²) in [4.78, 5) is 11.0. The van der Waals surface area contributed by atoms with Crippen LogP contribution < -0.4 is 0 Å². The molecule has 0 aromatic heterocycles. The number of rotatable bonds is 2. The SMILES string of the molecule is CC(O)C1CCC2C3CCC4CC(N=O)CCC4(C)C3CCC12C. The third-order valence-electron chi connectivity index (χ3n) is 9.44. The van der Waals surface area contributed by atoms with Gasteiger partial charge in [-0.3, -0.25) is 0 Å². The lowest BCUT2D eigenvalue weighted by Crippen LogP contribution is -2.54. The molecule has 4 fully saturated rings. The molecule has 0 aliphatic heterocycles. The number of nitrogens with zero attached hydrogens (tertiary/aromatic N) is 1. The molecule has 3 nitrogen and oxygen atoms in total. The first-order valence-corrected chi connectivity index (χ1v) is 10.4. The van der Waals surface area contributed by atoms with Gasteiger partial charge in [-0.1, -0.05) is 19.0 Å². The second-order valence-electron chi connectivity index (χ2n) is 10.2. The zero-order chi connectivity index (χ0) is 17.1. The van der Waals surface area contributed by atoms with Gasteiger partial charge in [-0.15, -0.1) is 0 Å². The molecule has 3 heteroatoms. The van der Waals surface area contributed by atoms with Crippen molar-refractivity contribution in [1.29, 1.82) is 0 Å². The van der Waals surface area contributed by atoms with Crippen molar-refractivity contribution in [3.05, 3.63) is 4.91 Å². The van der Waals surface area contributed by atoms with E-state index >= 15 is 0 Å². The van der Waals surface area contributed by atoms with Gasteiger partial charge in [0.1, 0.15) is 0 Å². The van der Waals surface area contributed by atoms with Crippen LogP contribution in [-0.2, 0) is 0 Å². The van der Waals surface area contributed by atoms with Crippen LogP contribution in [0.3, 0.4) is 0 Å². The van der Waals surface area contributed by atoms with Crippen LogP contribution >= 0.6 is 0 Å². The van der Waals surface area contributed by atoms with E-state index in [1.54, 1.807) is 0 Å². The van der Waals surface area contributed by atoms with Gasteiger partial charge < -0.3 is 5.11 Å². The Morgan fingerprint density at radius 2 is 1.67 bits per heavy atom. The van der Waals surface area contributed by atoms with Crippen LogP contribution in [0.25, 0.3) is 0 Å².